The van der Waals surface area contributed by atoms with Crippen LogP contribution in [-0.4, -0.2) is 25.5 Å². The molecule has 3 rings (SSSR count). The molecule has 25 heavy (non-hydrogen) atoms. The highest BCUT2D eigenvalue weighted by Gasteiger charge is 2.35. The molecule has 1 amide bonds. The molecule has 0 aliphatic carbocycles. The molecule has 1 heterocycles. The highest BCUT2D eigenvalue weighted by Crippen LogP contribution is 2.27. The molecule has 0 N–H and O–H groups in total. The molecule has 5 nitrogen and oxygen atoms in total. The topological polar surface area (TPSA) is 55.8 Å². The Morgan fingerprint density at radius 1 is 1.24 bits per heavy atom. The normalized spacial score (nSPS) is 16.8. The summed E-state index contributed by atoms with van der Waals surface area (Å²) in [7, 11) is 1.33. The van der Waals surface area contributed by atoms with Crippen LogP contribution >= 0.6 is 11.6 Å². The number of esters is 1. The van der Waals surface area contributed by atoms with Crippen molar-refractivity contribution in [3.05, 3.63) is 59.1 Å². The summed E-state index contributed by atoms with van der Waals surface area (Å²) in [4.78, 5) is 25.3. The summed E-state index contributed by atoms with van der Waals surface area (Å²) in [6.45, 7) is 0.751. The second-order valence-electron chi connectivity index (χ2n) is 5.84. The summed E-state index contributed by atoms with van der Waals surface area (Å²) in [6.07, 6.45) is 0.180. The quantitative estimate of drug-likeness (QED) is 0.767. The Hall–Kier alpha value is -2.53. The number of halogens is 1. The number of ether oxygens (including phenoxy) is 2. The van der Waals surface area contributed by atoms with E-state index < -0.39 is 5.92 Å². The van der Waals surface area contributed by atoms with Gasteiger partial charge in [-0.3, -0.25) is 9.59 Å². The number of nitrogens with zero attached hydrogens (tertiary/aromatic N) is 1. The number of hydrogen-bond donors (Lipinski definition) is 0. The first-order valence-electron chi connectivity index (χ1n) is 7.92. The average molecular weight is 360 g/mol. The van der Waals surface area contributed by atoms with E-state index in [1.165, 1.54) is 7.11 Å². The number of benzene rings is 2. The summed E-state index contributed by atoms with van der Waals surface area (Å²) in [6, 6.07) is 14.7. The number of methoxy groups -OCH3 is 1. The second-order valence-corrected chi connectivity index (χ2v) is 6.28. The Morgan fingerprint density at radius 3 is 2.68 bits per heavy atom. The minimum Gasteiger partial charge on any atom is -0.489 e. The van der Waals surface area contributed by atoms with Gasteiger partial charge in [0.05, 0.1) is 13.0 Å². The van der Waals surface area contributed by atoms with Crippen molar-refractivity contribution in [3.63, 3.8) is 0 Å². The van der Waals surface area contributed by atoms with Crippen molar-refractivity contribution in [2.24, 2.45) is 5.92 Å². The maximum atomic E-state index is 12.1. The lowest BCUT2D eigenvalue weighted by Gasteiger charge is -2.17. The van der Waals surface area contributed by atoms with Gasteiger partial charge in [-0.2, -0.15) is 0 Å². The van der Waals surface area contributed by atoms with Crippen molar-refractivity contribution in [1.29, 1.82) is 0 Å². The third kappa shape index (κ3) is 4.12. The van der Waals surface area contributed by atoms with Crippen LogP contribution in [0, 0.1) is 5.92 Å². The smallest absolute Gasteiger partial charge is 0.311 e. The fourth-order valence-electron chi connectivity index (χ4n) is 2.80. The van der Waals surface area contributed by atoms with E-state index in [4.69, 9.17) is 21.1 Å². The van der Waals surface area contributed by atoms with Gasteiger partial charge in [-0.05, 0) is 42.0 Å². The monoisotopic (exact) mass is 359 g/mol. The molecule has 1 aliphatic rings. The second kappa shape index (κ2) is 7.57. The standard InChI is InChI=1S/C19H18ClNO4/c1-24-19(23)14-10-18(22)21(11-14)16-5-7-17(8-6-16)25-12-13-3-2-4-15(20)9-13/h2-9,14H,10-12H2,1H3. The highest BCUT2D eigenvalue weighted by atomic mass is 35.5. The van der Waals surface area contributed by atoms with E-state index in [1.807, 2.05) is 36.4 Å². The zero-order chi connectivity index (χ0) is 17.8. The zero-order valence-corrected chi connectivity index (χ0v) is 14.5. The zero-order valence-electron chi connectivity index (χ0n) is 13.8. The Kier molecular flexibility index (Phi) is 5.24. The van der Waals surface area contributed by atoms with E-state index in [1.54, 1.807) is 17.0 Å². The van der Waals surface area contributed by atoms with Crippen molar-refractivity contribution in [1.82, 2.24) is 0 Å². The number of rotatable bonds is 5. The van der Waals surface area contributed by atoms with Crippen LogP contribution in [0.5, 0.6) is 5.75 Å². The van der Waals surface area contributed by atoms with Crippen LogP contribution in [0.15, 0.2) is 48.5 Å². The van der Waals surface area contributed by atoms with Crippen LogP contribution < -0.4 is 9.64 Å². The van der Waals surface area contributed by atoms with Gasteiger partial charge < -0.3 is 14.4 Å². The molecular formula is C19H18ClNO4. The van der Waals surface area contributed by atoms with E-state index in [9.17, 15) is 9.59 Å². The van der Waals surface area contributed by atoms with Crippen LogP contribution in [0.4, 0.5) is 5.69 Å². The van der Waals surface area contributed by atoms with Gasteiger partial charge in [0.15, 0.2) is 0 Å². The van der Waals surface area contributed by atoms with E-state index >= 15 is 0 Å². The van der Waals surface area contributed by atoms with Crippen molar-refractivity contribution in [2.45, 2.75) is 13.0 Å². The van der Waals surface area contributed by atoms with Crippen molar-refractivity contribution in [2.75, 3.05) is 18.6 Å². The molecule has 1 unspecified atom stereocenters. The Balaban J connectivity index is 1.62. The largest absolute Gasteiger partial charge is 0.489 e. The third-order valence-electron chi connectivity index (χ3n) is 4.10. The summed E-state index contributed by atoms with van der Waals surface area (Å²) < 4.78 is 10.5. The first-order chi connectivity index (χ1) is 12.1. The van der Waals surface area contributed by atoms with Crippen LogP contribution in [0.2, 0.25) is 5.02 Å². The summed E-state index contributed by atoms with van der Waals surface area (Å²) >= 11 is 5.95. The highest BCUT2D eigenvalue weighted by molar-refractivity contribution is 6.30. The minimum atomic E-state index is -0.406. The number of carbonyl (C=O) groups is 2. The van der Waals surface area contributed by atoms with Crippen LogP contribution in [0.3, 0.4) is 0 Å². The Labute approximate surface area is 151 Å². The molecule has 6 heteroatoms. The summed E-state index contributed by atoms with van der Waals surface area (Å²) in [5.41, 5.74) is 1.72. The van der Waals surface area contributed by atoms with Crippen LogP contribution in [0.25, 0.3) is 0 Å². The molecule has 0 bridgehead atoms. The first-order valence-corrected chi connectivity index (χ1v) is 8.30. The van der Waals surface area contributed by atoms with E-state index in [0.29, 0.717) is 23.9 Å². The summed E-state index contributed by atoms with van der Waals surface area (Å²) in [5.74, 6) is -0.142. The molecule has 0 radical (unpaired) electrons. The number of anilines is 1. The fraction of sp³-hybridized carbons (Fsp3) is 0.263. The van der Waals surface area contributed by atoms with Crippen LogP contribution in [0.1, 0.15) is 12.0 Å². The molecule has 0 saturated carbocycles. The lowest BCUT2D eigenvalue weighted by molar-refractivity contribution is -0.145. The van der Waals surface area contributed by atoms with Gasteiger partial charge in [-0.15, -0.1) is 0 Å². The van der Waals surface area contributed by atoms with Crippen molar-refractivity contribution < 1.29 is 19.1 Å². The molecule has 1 fully saturated rings. The predicted molar refractivity (Wildman–Crippen MR) is 94.7 cm³/mol. The minimum absolute atomic E-state index is 0.0806. The van der Waals surface area contributed by atoms with Crippen molar-refractivity contribution >= 4 is 29.2 Å². The number of carbonyl (C=O) groups excluding carboxylic acids is 2. The molecule has 1 aliphatic heterocycles. The van der Waals surface area contributed by atoms with Crippen LogP contribution in [-0.2, 0) is 20.9 Å². The SMILES string of the molecule is COC(=O)C1CC(=O)N(c2ccc(OCc3cccc(Cl)c3)cc2)C1. The van der Waals surface area contributed by atoms with Gasteiger partial charge in [-0.25, -0.2) is 0 Å². The lowest BCUT2D eigenvalue weighted by Crippen LogP contribution is -2.26. The molecule has 0 spiro atoms. The fourth-order valence-corrected chi connectivity index (χ4v) is 3.01. The molecule has 2 aromatic carbocycles. The molecule has 1 atom stereocenters. The Bertz CT molecular complexity index is 775. The maximum absolute atomic E-state index is 12.1. The Morgan fingerprint density at radius 2 is 2.00 bits per heavy atom. The number of amides is 1. The van der Waals surface area contributed by atoms with Gasteiger partial charge in [0.25, 0.3) is 0 Å². The third-order valence-corrected chi connectivity index (χ3v) is 4.34. The van der Waals surface area contributed by atoms with Gasteiger partial charge in [-0.1, -0.05) is 23.7 Å². The van der Waals surface area contributed by atoms with Gasteiger partial charge >= 0.3 is 5.97 Å². The maximum Gasteiger partial charge on any atom is 0.311 e. The van der Waals surface area contributed by atoms with E-state index in [2.05, 4.69) is 0 Å². The van der Waals surface area contributed by atoms with Gasteiger partial charge in [0.2, 0.25) is 5.91 Å². The first kappa shape index (κ1) is 17.3. The van der Waals surface area contributed by atoms with Gasteiger partial charge in [0.1, 0.15) is 12.4 Å². The van der Waals surface area contributed by atoms with E-state index in [0.717, 1.165) is 11.3 Å². The molecule has 1 saturated heterocycles. The molecule has 2 aromatic rings. The van der Waals surface area contributed by atoms with Gasteiger partial charge in [0, 0.05) is 23.7 Å². The molecule has 0 aromatic heterocycles. The van der Waals surface area contributed by atoms with Crippen molar-refractivity contribution in [3.8, 4) is 5.75 Å². The lowest BCUT2D eigenvalue weighted by atomic mass is 10.1. The van der Waals surface area contributed by atoms with E-state index in [-0.39, 0.29) is 18.3 Å². The average Bonchev–Trinajstić information content (AvgIpc) is 3.01. The summed E-state index contributed by atoms with van der Waals surface area (Å²) in [5, 5.41) is 0.671. The molecular weight excluding hydrogens is 342 g/mol. The number of hydrogen-bond acceptors (Lipinski definition) is 4. The molecule has 130 valence electrons. The predicted octanol–water partition coefficient (Wildman–Crippen LogP) is 3.44.